The van der Waals surface area contributed by atoms with E-state index in [1.807, 2.05) is 85.2 Å². The third-order valence-electron chi connectivity index (χ3n) is 5.17. The number of hydrogen-bond donors (Lipinski definition) is 1. The summed E-state index contributed by atoms with van der Waals surface area (Å²) in [6.45, 7) is 3.60. The van der Waals surface area contributed by atoms with Gasteiger partial charge in [0, 0.05) is 27.5 Å². The van der Waals surface area contributed by atoms with E-state index in [0.717, 1.165) is 32.7 Å². The van der Waals surface area contributed by atoms with E-state index < -0.39 is 0 Å². The fraction of sp³-hybridized carbons (Fsp3) is 0.154. The van der Waals surface area contributed by atoms with E-state index in [1.165, 1.54) is 0 Å². The van der Waals surface area contributed by atoms with Crippen LogP contribution >= 0.6 is 11.3 Å². The third kappa shape index (κ3) is 4.90. The van der Waals surface area contributed by atoms with Crippen molar-refractivity contribution in [2.45, 2.75) is 20.0 Å². The van der Waals surface area contributed by atoms with Gasteiger partial charge in [-0.05, 0) is 42.1 Å². The van der Waals surface area contributed by atoms with Crippen LogP contribution < -0.4 is 10.1 Å². The molecule has 6 heteroatoms. The summed E-state index contributed by atoms with van der Waals surface area (Å²) in [5.74, 6) is 0.499. The zero-order chi connectivity index (χ0) is 22.3. The molecule has 5 nitrogen and oxygen atoms in total. The second kappa shape index (κ2) is 9.99. The van der Waals surface area contributed by atoms with E-state index in [4.69, 9.17) is 4.74 Å². The molecule has 32 heavy (non-hydrogen) atoms. The lowest BCUT2D eigenvalue weighted by molar-refractivity contribution is -0.117. The van der Waals surface area contributed by atoms with Crippen molar-refractivity contribution in [2.75, 3.05) is 6.61 Å². The van der Waals surface area contributed by atoms with Crippen molar-refractivity contribution >= 4 is 34.2 Å². The van der Waals surface area contributed by atoms with Crippen molar-refractivity contribution in [2.24, 2.45) is 0 Å². The molecule has 160 valence electrons. The van der Waals surface area contributed by atoms with Gasteiger partial charge in [-0.2, -0.15) is 5.26 Å². The number of hydrogen-bond acceptors (Lipinski definition) is 4. The number of para-hydroxylation sites is 2. The van der Waals surface area contributed by atoms with Crippen molar-refractivity contribution in [3.05, 3.63) is 93.8 Å². The van der Waals surface area contributed by atoms with Crippen LogP contribution in [0.1, 0.15) is 16.0 Å². The maximum Gasteiger partial charge on any atom is 0.262 e. The van der Waals surface area contributed by atoms with E-state index in [0.29, 0.717) is 19.7 Å². The smallest absolute Gasteiger partial charge is 0.262 e. The molecule has 1 amide bonds. The molecule has 0 saturated heterocycles. The first-order chi connectivity index (χ1) is 15.7. The Hall–Kier alpha value is -3.82. The van der Waals surface area contributed by atoms with Gasteiger partial charge in [0.2, 0.25) is 0 Å². The fourth-order valence-corrected chi connectivity index (χ4v) is 4.17. The van der Waals surface area contributed by atoms with Crippen LogP contribution in [0.15, 0.2) is 77.8 Å². The summed E-state index contributed by atoms with van der Waals surface area (Å²) in [5, 5.41) is 15.4. The van der Waals surface area contributed by atoms with Crippen LogP contribution in [0.25, 0.3) is 17.0 Å². The second-order valence-electron chi connectivity index (χ2n) is 7.34. The molecule has 0 unspecified atom stereocenters. The highest BCUT2D eigenvalue weighted by Crippen LogP contribution is 2.24. The van der Waals surface area contributed by atoms with Crippen LogP contribution in [-0.4, -0.2) is 17.1 Å². The number of aromatic nitrogens is 1. The quantitative estimate of drug-likeness (QED) is 0.297. The van der Waals surface area contributed by atoms with Crippen molar-refractivity contribution in [3.63, 3.8) is 0 Å². The van der Waals surface area contributed by atoms with Crippen LogP contribution in [-0.2, 0) is 17.9 Å². The van der Waals surface area contributed by atoms with Crippen LogP contribution in [0.3, 0.4) is 0 Å². The number of fused-ring (bicyclic) bond motifs is 1. The van der Waals surface area contributed by atoms with Gasteiger partial charge in [0.05, 0.1) is 13.1 Å². The Bertz CT molecular complexity index is 1300. The third-order valence-corrected chi connectivity index (χ3v) is 6.05. The number of nitrogens with one attached hydrogen (secondary N) is 1. The van der Waals surface area contributed by atoms with Crippen molar-refractivity contribution in [3.8, 4) is 11.8 Å². The summed E-state index contributed by atoms with van der Waals surface area (Å²) in [6.07, 6.45) is 3.63. The number of rotatable bonds is 8. The van der Waals surface area contributed by atoms with Gasteiger partial charge >= 0.3 is 0 Å². The Kier molecular flexibility index (Phi) is 6.69. The number of aryl methyl sites for hydroxylation is 1. The van der Waals surface area contributed by atoms with Gasteiger partial charge in [-0.1, -0.05) is 42.5 Å². The van der Waals surface area contributed by atoms with Crippen molar-refractivity contribution in [1.29, 1.82) is 5.26 Å². The summed E-state index contributed by atoms with van der Waals surface area (Å²) in [5.41, 5.74) is 3.05. The fourth-order valence-electron chi connectivity index (χ4n) is 3.53. The minimum absolute atomic E-state index is 0.0839. The molecule has 2 aromatic carbocycles. The topological polar surface area (TPSA) is 67.0 Å². The molecule has 0 aliphatic heterocycles. The molecule has 0 atom stereocenters. The largest absolute Gasteiger partial charge is 0.491 e. The van der Waals surface area contributed by atoms with Gasteiger partial charge < -0.3 is 14.6 Å². The Morgan fingerprint density at radius 3 is 2.75 bits per heavy atom. The van der Waals surface area contributed by atoms with Gasteiger partial charge in [0.1, 0.15) is 24.0 Å². The maximum absolute atomic E-state index is 12.6. The van der Waals surface area contributed by atoms with Crippen LogP contribution in [0.2, 0.25) is 0 Å². The number of amides is 1. The van der Waals surface area contributed by atoms with Gasteiger partial charge in [0.15, 0.2) is 0 Å². The molecule has 1 N–H and O–H groups in total. The molecule has 0 fully saturated rings. The summed E-state index contributed by atoms with van der Waals surface area (Å²) >= 11 is 1.57. The molecule has 2 heterocycles. The maximum atomic E-state index is 12.6. The SMILES string of the molecule is Cc1ccccc1OCCn1cc(/C=C(\C#N)C(=O)NCc2cccs2)c2ccccc21. The van der Waals surface area contributed by atoms with E-state index in [2.05, 4.69) is 9.88 Å². The molecule has 0 spiro atoms. The molecular weight excluding hydrogens is 418 g/mol. The predicted molar refractivity (Wildman–Crippen MR) is 128 cm³/mol. The highest BCUT2D eigenvalue weighted by molar-refractivity contribution is 7.09. The van der Waals surface area contributed by atoms with Crippen molar-refractivity contribution < 1.29 is 9.53 Å². The van der Waals surface area contributed by atoms with Crippen LogP contribution in [0.5, 0.6) is 5.75 Å². The highest BCUT2D eigenvalue weighted by Gasteiger charge is 2.13. The number of carbonyl (C=O) groups excluding carboxylic acids is 1. The van der Waals surface area contributed by atoms with Crippen molar-refractivity contribution in [1.82, 2.24) is 9.88 Å². The van der Waals surface area contributed by atoms with E-state index in [1.54, 1.807) is 17.4 Å². The highest BCUT2D eigenvalue weighted by atomic mass is 32.1. The number of ether oxygens (including phenoxy) is 1. The number of nitrogens with zero attached hydrogens (tertiary/aromatic N) is 2. The predicted octanol–water partition coefficient (Wildman–Crippen LogP) is 5.31. The molecule has 0 saturated carbocycles. The first kappa shape index (κ1) is 21.4. The Morgan fingerprint density at radius 2 is 1.97 bits per heavy atom. The lowest BCUT2D eigenvalue weighted by Crippen LogP contribution is -2.23. The molecule has 0 radical (unpaired) electrons. The first-order valence-corrected chi connectivity index (χ1v) is 11.2. The lowest BCUT2D eigenvalue weighted by atomic mass is 10.1. The van der Waals surface area contributed by atoms with Crippen LogP contribution in [0, 0.1) is 18.3 Å². The number of carbonyl (C=O) groups is 1. The molecule has 4 rings (SSSR count). The van der Waals surface area contributed by atoms with Crippen LogP contribution in [0.4, 0.5) is 0 Å². The van der Waals surface area contributed by atoms with Gasteiger partial charge in [-0.3, -0.25) is 4.79 Å². The van der Waals surface area contributed by atoms with E-state index in [-0.39, 0.29) is 11.5 Å². The molecule has 0 aliphatic carbocycles. The van der Waals surface area contributed by atoms with E-state index >= 15 is 0 Å². The van der Waals surface area contributed by atoms with E-state index in [9.17, 15) is 10.1 Å². The summed E-state index contributed by atoms with van der Waals surface area (Å²) < 4.78 is 8.05. The Labute approximate surface area is 191 Å². The number of thiophene rings is 1. The summed E-state index contributed by atoms with van der Waals surface area (Å²) in [6, 6.07) is 21.8. The second-order valence-corrected chi connectivity index (χ2v) is 8.37. The minimum Gasteiger partial charge on any atom is -0.491 e. The molecule has 2 aromatic heterocycles. The summed E-state index contributed by atoms with van der Waals surface area (Å²) in [4.78, 5) is 13.6. The molecule has 0 aliphatic rings. The molecular formula is C26H23N3O2S. The lowest BCUT2D eigenvalue weighted by Gasteiger charge is -2.10. The monoisotopic (exact) mass is 441 g/mol. The zero-order valence-corrected chi connectivity index (χ0v) is 18.6. The Morgan fingerprint density at radius 1 is 1.16 bits per heavy atom. The normalized spacial score (nSPS) is 11.3. The van der Waals surface area contributed by atoms with Gasteiger partial charge in [-0.25, -0.2) is 0 Å². The average Bonchev–Trinajstić information content (AvgIpc) is 3.45. The molecule has 0 bridgehead atoms. The summed E-state index contributed by atoms with van der Waals surface area (Å²) in [7, 11) is 0. The molecule has 4 aromatic rings. The number of benzene rings is 2. The standard InChI is InChI=1S/C26H23N3O2S/c1-19-7-2-5-11-25(19)31-13-12-29-18-21(23-9-3-4-10-24(23)29)15-20(16-27)26(30)28-17-22-8-6-14-32-22/h2-11,14-15,18H,12-13,17H2,1H3,(H,28,30)/b20-15+. The number of nitriles is 1. The first-order valence-electron chi connectivity index (χ1n) is 10.3. The zero-order valence-electron chi connectivity index (χ0n) is 17.7. The Balaban J connectivity index is 1.52. The average molecular weight is 442 g/mol. The minimum atomic E-state index is -0.374. The van der Waals surface area contributed by atoms with Gasteiger partial charge in [0.25, 0.3) is 5.91 Å². The van der Waals surface area contributed by atoms with Gasteiger partial charge in [-0.15, -0.1) is 11.3 Å².